The van der Waals surface area contributed by atoms with Crippen molar-refractivity contribution in [3.05, 3.63) is 90.3 Å². The number of hydrazine groups is 1. The van der Waals surface area contributed by atoms with Crippen LogP contribution in [0.25, 0.3) is 16.7 Å². The molecule has 8 heteroatoms. The summed E-state index contributed by atoms with van der Waals surface area (Å²) in [5.41, 5.74) is 6.45. The number of hydrogen-bond acceptors (Lipinski definition) is 3. The van der Waals surface area contributed by atoms with Crippen LogP contribution < -0.4 is 10.9 Å². The van der Waals surface area contributed by atoms with Gasteiger partial charge in [-0.25, -0.2) is 4.98 Å². The van der Waals surface area contributed by atoms with Crippen LogP contribution in [0.1, 0.15) is 15.9 Å². The fourth-order valence-electron chi connectivity index (χ4n) is 2.97. The molecule has 2 N–H and O–H groups in total. The van der Waals surface area contributed by atoms with Gasteiger partial charge in [0.05, 0.1) is 22.3 Å². The van der Waals surface area contributed by atoms with Gasteiger partial charge in [0.1, 0.15) is 6.33 Å². The van der Waals surface area contributed by atoms with Crippen LogP contribution in [0.15, 0.2) is 79.1 Å². The third kappa shape index (κ3) is 3.77. The van der Waals surface area contributed by atoms with E-state index in [0.717, 1.165) is 22.8 Å². The van der Waals surface area contributed by atoms with E-state index in [-0.39, 0.29) is 5.69 Å². The van der Waals surface area contributed by atoms with E-state index in [0.29, 0.717) is 5.56 Å². The normalized spacial score (nSPS) is 11.4. The molecule has 29 heavy (non-hydrogen) atoms. The number of amides is 1. The fourth-order valence-corrected chi connectivity index (χ4v) is 2.97. The van der Waals surface area contributed by atoms with E-state index < -0.39 is 17.6 Å². The zero-order valence-electron chi connectivity index (χ0n) is 14.9. The van der Waals surface area contributed by atoms with Gasteiger partial charge in [-0.15, -0.1) is 0 Å². The summed E-state index contributed by atoms with van der Waals surface area (Å²) in [6, 6.07) is 19.2. The van der Waals surface area contributed by atoms with Crippen LogP contribution in [0.2, 0.25) is 0 Å². The molecule has 0 aliphatic carbocycles. The van der Waals surface area contributed by atoms with E-state index in [4.69, 9.17) is 0 Å². The Hall–Kier alpha value is -3.81. The van der Waals surface area contributed by atoms with Gasteiger partial charge in [0.2, 0.25) is 0 Å². The molecule has 3 aromatic carbocycles. The van der Waals surface area contributed by atoms with Gasteiger partial charge in [0.25, 0.3) is 5.91 Å². The molecule has 0 aliphatic heterocycles. The average molecular weight is 396 g/mol. The van der Waals surface area contributed by atoms with Crippen LogP contribution in [0.5, 0.6) is 0 Å². The number of halogens is 3. The van der Waals surface area contributed by atoms with Crippen molar-refractivity contribution in [2.24, 2.45) is 0 Å². The third-order valence-electron chi connectivity index (χ3n) is 4.40. The lowest BCUT2D eigenvalue weighted by Gasteiger charge is -2.15. The summed E-state index contributed by atoms with van der Waals surface area (Å²) in [4.78, 5) is 16.6. The zero-order valence-corrected chi connectivity index (χ0v) is 14.9. The predicted octanol–water partition coefficient (Wildman–Crippen LogP) is 4.80. The van der Waals surface area contributed by atoms with E-state index in [1.165, 1.54) is 18.2 Å². The average Bonchev–Trinajstić information content (AvgIpc) is 3.16. The SMILES string of the molecule is O=C(NNc1ccccc1C(F)(F)F)c1ccc(-n2cnc3ccccc32)cc1. The number of nitrogens with one attached hydrogen (secondary N) is 2. The molecule has 0 fully saturated rings. The van der Waals surface area contributed by atoms with Crippen LogP contribution in [0.4, 0.5) is 18.9 Å². The minimum absolute atomic E-state index is 0.227. The van der Waals surface area contributed by atoms with E-state index in [1.54, 1.807) is 30.6 Å². The first-order valence-corrected chi connectivity index (χ1v) is 8.68. The number of fused-ring (bicyclic) bond motifs is 1. The summed E-state index contributed by atoms with van der Waals surface area (Å²) >= 11 is 0. The molecule has 0 atom stereocenters. The standard InChI is InChI=1S/C21H15F3N4O/c22-21(23,24)16-5-1-2-6-17(16)26-27-20(29)14-9-11-15(12-10-14)28-13-25-18-7-3-4-8-19(18)28/h1-13,26H,(H,27,29). The van der Waals surface area contributed by atoms with Crippen molar-refractivity contribution in [1.82, 2.24) is 15.0 Å². The highest BCUT2D eigenvalue weighted by Gasteiger charge is 2.33. The van der Waals surface area contributed by atoms with Crippen molar-refractivity contribution in [2.75, 3.05) is 5.43 Å². The lowest BCUT2D eigenvalue weighted by molar-refractivity contribution is -0.137. The number of para-hydroxylation sites is 3. The second-order valence-electron chi connectivity index (χ2n) is 6.27. The Morgan fingerprint density at radius 1 is 0.897 bits per heavy atom. The minimum Gasteiger partial charge on any atom is -0.299 e. The highest BCUT2D eigenvalue weighted by atomic mass is 19.4. The van der Waals surface area contributed by atoms with Crippen molar-refractivity contribution in [1.29, 1.82) is 0 Å². The van der Waals surface area contributed by atoms with Gasteiger partial charge >= 0.3 is 6.18 Å². The second kappa shape index (κ2) is 7.31. The highest BCUT2D eigenvalue weighted by molar-refractivity contribution is 5.95. The third-order valence-corrected chi connectivity index (χ3v) is 4.40. The molecule has 0 saturated heterocycles. The number of nitrogens with zero attached hydrogens (tertiary/aromatic N) is 2. The van der Waals surface area contributed by atoms with Crippen molar-refractivity contribution in [3.8, 4) is 5.69 Å². The Balaban J connectivity index is 1.50. The maximum absolute atomic E-state index is 13.0. The molecule has 0 bridgehead atoms. The first-order valence-electron chi connectivity index (χ1n) is 8.68. The van der Waals surface area contributed by atoms with Crippen LogP contribution in [-0.4, -0.2) is 15.5 Å². The number of carbonyl (C=O) groups excluding carboxylic acids is 1. The molecule has 0 unspecified atom stereocenters. The van der Waals surface area contributed by atoms with Crippen molar-refractivity contribution in [2.45, 2.75) is 6.18 Å². The molecule has 4 rings (SSSR count). The summed E-state index contributed by atoms with van der Waals surface area (Å²) < 4.78 is 41.0. The molecular weight excluding hydrogens is 381 g/mol. The molecule has 0 saturated carbocycles. The molecule has 4 aromatic rings. The summed E-state index contributed by atoms with van der Waals surface area (Å²) in [7, 11) is 0. The first-order chi connectivity index (χ1) is 13.9. The largest absolute Gasteiger partial charge is 0.418 e. The van der Waals surface area contributed by atoms with Gasteiger partial charge in [-0.1, -0.05) is 24.3 Å². The summed E-state index contributed by atoms with van der Waals surface area (Å²) in [6.07, 6.45) is -2.83. The highest BCUT2D eigenvalue weighted by Crippen LogP contribution is 2.34. The number of imidazole rings is 1. The summed E-state index contributed by atoms with van der Waals surface area (Å²) in [6.45, 7) is 0. The van der Waals surface area contributed by atoms with Crippen molar-refractivity contribution < 1.29 is 18.0 Å². The monoisotopic (exact) mass is 396 g/mol. The van der Waals surface area contributed by atoms with Crippen LogP contribution in [0, 0.1) is 0 Å². The molecule has 1 amide bonds. The Morgan fingerprint density at radius 2 is 1.59 bits per heavy atom. The number of anilines is 1. The maximum atomic E-state index is 13.0. The van der Waals surface area contributed by atoms with Crippen molar-refractivity contribution in [3.63, 3.8) is 0 Å². The lowest BCUT2D eigenvalue weighted by Crippen LogP contribution is -2.30. The Morgan fingerprint density at radius 3 is 2.34 bits per heavy atom. The van der Waals surface area contributed by atoms with Gasteiger partial charge in [0.15, 0.2) is 0 Å². The number of rotatable bonds is 4. The van der Waals surface area contributed by atoms with Gasteiger partial charge < -0.3 is 0 Å². The molecule has 0 radical (unpaired) electrons. The van der Waals surface area contributed by atoms with Crippen LogP contribution in [-0.2, 0) is 6.18 Å². The Labute approximate surface area is 163 Å². The number of alkyl halides is 3. The maximum Gasteiger partial charge on any atom is 0.418 e. The Bertz CT molecular complexity index is 1170. The van der Waals surface area contributed by atoms with Gasteiger partial charge in [-0.2, -0.15) is 13.2 Å². The molecular formula is C21H15F3N4O. The number of hydrogen-bond donors (Lipinski definition) is 2. The van der Waals surface area contributed by atoms with Gasteiger partial charge in [0, 0.05) is 11.3 Å². The quantitative estimate of drug-likeness (QED) is 0.487. The second-order valence-corrected chi connectivity index (χ2v) is 6.27. The first kappa shape index (κ1) is 18.5. The number of carbonyl (C=O) groups is 1. The molecule has 5 nitrogen and oxygen atoms in total. The Kier molecular flexibility index (Phi) is 4.67. The van der Waals surface area contributed by atoms with Crippen molar-refractivity contribution >= 4 is 22.6 Å². The van der Waals surface area contributed by atoms with E-state index in [9.17, 15) is 18.0 Å². The molecule has 0 aliphatic rings. The number of benzene rings is 3. The molecule has 1 heterocycles. The van der Waals surface area contributed by atoms with E-state index in [1.807, 2.05) is 28.8 Å². The van der Waals surface area contributed by atoms with E-state index in [2.05, 4.69) is 15.8 Å². The zero-order chi connectivity index (χ0) is 20.4. The fraction of sp³-hybridized carbons (Fsp3) is 0.0476. The van der Waals surface area contributed by atoms with Gasteiger partial charge in [-0.05, 0) is 48.5 Å². The smallest absolute Gasteiger partial charge is 0.299 e. The van der Waals surface area contributed by atoms with Crippen LogP contribution in [0.3, 0.4) is 0 Å². The minimum atomic E-state index is -4.52. The summed E-state index contributed by atoms with van der Waals surface area (Å²) in [5, 5.41) is 0. The topological polar surface area (TPSA) is 59.0 Å². The van der Waals surface area contributed by atoms with E-state index >= 15 is 0 Å². The molecule has 0 spiro atoms. The molecule has 146 valence electrons. The molecule has 1 aromatic heterocycles. The van der Waals surface area contributed by atoms with Crippen LogP contribution >= 0.6 is 0 Å². The number of aromatic nitrogens is 2. The summed E-state index contributed by atoms with van der Waals surface area (Å²) in [5.74, 6) is -0.552. The predicted molar refractivity (Wildman–Crippen MR) is 104 cm³/mol. The van der Waals surface area contributed by atoms with Gasteiger partial charge in [-0.3, -0.25) is 20.2 Å². The lowest BCUT2D eigenvalue weighted by atomic mass is 10.1.